The van der Waals surface area contributed by atoms with Gasteiger partial charge in [0.25, 0.3) is 0 Å². The van der Waals surface area contributed by atoms with E-state index in [0.717, 1.165) is 18.2 Å². The summed E-state index contributed by atoms with van der Waals surface area (Å²) in [5.41, 5.74) is 0.396. The van der Waals surface area contributed by atoms with Crippen molar-refractivity contribution in [3.05, 3.63) is 69.5 Å². The van der Waals surface area contributed by atoms with Crippen molar-refractivity contribution in [3.63, 3.8) is 0 Å². The Labute approximate surface area is 118 Å². The molecule has 0 aliphatic rings. The highest BCUT2D eigenvalue weighted by Gasteiger charge is 2.16. The second-order valence-electron chi connectivity index (χ2n) is 4.16. The van der Waals surface area contributed by atoms with E-state index in [1.807, 2.05) is 0 Å². The fraction of sp³-hybridized carbons (Fsp3) is 0.0714. The zero-order valence-corrected chi connectivity index (χ0v) is 10.7. The average molecular weight is 291 g/mol. The topological polar surface area (TPSA) is 89.7 Å². The molecule has 0 atom stereocenters. The maximum Gasteiger partial charge on any atom is 0.335 e. The van der Waals surface area contributed by atoms with Crippen molar-refractivity contribution in [1.29, 1.82) is 0 Å². The molecule has 6 nitrogen and oxygen atoms in total. The van der Waals surface area contributed by atoms with Gasteiger partial charge in [0, 0.05) is 12.1 Å². The minimum Gasteiger partial charge on any atom is -0.482 e. The first kappa shape index (κ1) is 14.4. The lowest BCUT2D eigenvalue weighted by molar-refractivity contribution is -0.386. The predicted molar refractivity (Wildman–Crippen MR) is 70.8 cm³/mol. The Morgan fingerprint density at radius 3 is 2.48 bits per heavy atom. The second kappa shape index (κ2) is 6.00. The molecular formula is C14H10FNO5. The van der Waals surface area contributed by atoms with E-state index in [0.29, 0.717) is 5.56 Å². The van der Waals surface area contributed by atoms with Gasteiger partial charge in [-0.2, -0.15) is 0 Å². The number of nitro groups is 1. The average Bonchev–Trinajstić information content (AvgIpc) is 2.45. The van der Waals surface area contributed by atoms with E-state index in [1.54, 1.807) is 0 Å². The van der Waals surface area contributed by atoms with Gasteiger partial charge in [0.2, 0.25) is 0 Å². The van der Waals surface area contributed by atoms with Crippen molar-refractivity contribution in [2.24, 2.45) is 0 Å². The van der Waals surface area contributed by atoms with Gasteiger partial charge < -0.3 is 9.84 Å². The molecule has 21 heavy (non-hydrogen) atoms. The minimum absolute atomic E-state index is 0.0375. The van der Waals surface area contributed by atoms with Gasteiger partial charge in [0.1, 0.15) is 12.4 Å². The molecule has 2 aromatic rings. The largest absolute Gasteiger partial charge is 0.482 e. The number of carboxylic acids is 1. The number of halogens is 1. The van der Waals surface area contributed by atoms with Crippen molar-refractivity contribution >= 4 is 11.7 Å². The Kier molecular flexibility index (Phi) is 4.13. The molecule has 0 aliphatic carbocycles. The van der Waals surface area contributed by atoms with Crippen molar-refractivity contribution in [1.82, 2.24) is 0 Å². The number of carbonyl (C=O) groups is 1. The summed E-state index contributed by atoms with van der Waals surface area (Å²) in [7, 11) is 0. The van der Waals surface area contributed by atoms with E-state index in [1.165, 1.54) is 24.3 Å². The molecule has 2 aromatic carbocycles. The molecule has 1 N–H and O–H groups in total. The normalized spacial score (nSPS) is 10.1. The molecule has 0 radical (unpaired) electrons. The van der Waals surface area contributed by atoms with Crippen LogP contribution in [0.4, 0.5) is 10.1 Å². The van der Waals surface area contributed by atoms with Crippen molar-refractivity contribution in [2.75, 3.05) is 0 Å². The number of ether oxygens (including phenoxy) is 1. The maximum atomic E-state index is 13.1. The van der Waals surface area contributed by atoms with Crippen LogP contribution in [0.1, 0.15) is 15.9 Å². The fourth-order valence-electron chi connectivity index (χ4n) is 1.66. The van der Waals surface area contributed by atoms with Gasteiger partial charge in [0.15, 0.2) is 5.75 Å². The Morgan fingerprint density at radius 1 is 1.24 bits per heavy atom. The molecule has 0 amide bonds. The van der Waals surface area contributed by atoms with Crippen molar-refractivity contribution < 1.29 is 24.0 Å². The smallest absolute Gasteiger partial charge is 0.335 e. The molecule has 0 saturated carbocycles. The lowest BCUT2D eigenvalue weighted by atomic mass is 10.1. The summed E-state index contributed by atoms with van der Waals surface area (Å²) in [6.45, 7) is -0.0375. The molecular weight excluding hydrogens is 281 g/mol. The summed E-state index contributed by atoms with van der Waals surface area (Å²) in [4.78, 5) is 20.8. The van der Waals surface area contributed by atoms with Crippen LogP contribution in [0.15, 0.2) is 42.5 Å². The molecule has 0 saturated heterocycles. The van der Waals surface area contributed by atoms with E-state index in [9.17, 15) is 19.3 Å². The quantitative estimate of drug-likeness (QED) is 0.675. The number of carboxylic acid groups (broad SMARTS) is 1. The van der Waals surface area contributed by atoms with Crippen LogP contribution < -0.4 is 4.74 Å². The second-order valence-corrected chi connectivity index (χ2v) is 4.16. The Balaban J connectivity index is 2.14. The van der Waals surface area contributed by atoms with Gasteiger partial charge in [-0.05, 0) is 23.8 Å². The predicted octanol–water partition coefficient (Wildman–Crippen LogP) is 3.01. The number of benzene rings is 2. The lowest BCUT2D eigenvalue weighted by Crippen LogP contribution is -2.01. The number of rotatable bonds is 5. The molecule has 0 unspecified atom stereocenters. The van der Waals surface area contributed by atoms with Crippen LogP contribution in [0.2, 0.25) is 0 Å². The number of nitro benzene ring substituents is 1. The standard InChI is InChI=1S/C14H10FNO5/c15-11-5-6-12(16(19)20)13(7-11)21-8-9-1-3-10(4-2-9)14(17)18/h1-7H,8H2,(H,17,18). The monoisotopic (exact) mass is 291 g/mol. The van der Waals surface area contributed by atoms with Gasteiger partial charge >= 0.3 is 11.7 Å². The highest BCUT2D eigenvalue weighted by Crippen LogP contribution is 2.28. The van der Waals surface area contributed by atoms with Crippen molar-refractivity contribution in [2.45, 2.75) is 6.61 Å². The number of hydrogen-bond acceptors (Lipinski definition) is 4. The fourth-order valence-corrected chi connectivity index (χ4v) is 1.66. The third kappa shape index (κ3) is 3.53. The minimum atomic E-state index is -1.05. The van der Waals surface area contributed by atoms with Gasteiger partial charge in [-0.15, -0.1) is 0 Å². The lowest BCUT2D eigenvalue weighted by Gasteiger charge is -2.07. The summed E-state index contributed by atoms with van der Waals surface area (Å²) in [6.07, 6.45) is 0. The van der Waals surface area contributed by atoms with Gasteiger partial charge in [-0.25, -0.2) is 9.18 Å². The Bertz CT molecular complexity index is 684. The van der Waals surface area contributed by atoms with E-state index in [4.69, 9.17) is 9.84 Å². The number of hydrogen-bond donors (Lipinski definition) is 1. The van der Waals surface area contributed by atoms with Crippen LogP contribution in [0.3, 0.4) is 0 Å². The van der Waals surface area contributed by atoms with Crippen LogP contribution in [0, 0.1) is 15.9 Å². The summed E-state index contributed by atoms with van der Waals surface area (Å²) < 4.78 is 18.3. The highest BCUT2D eigenvalue weighted by molar-refractivity contribution is 5.87. The first-order valence-corrected chi connectivity index (χ1v) is 5.86. The molecule has 0 fully saturated rings. The van der Waals surface area contributed by atoms with Crippen molar-refractivity contribution in [3.8, 4) is 5.75 Å². The summed E-state index contributed by atoms with van der Waals surface area (Å²) in [5, 5.41) is 19.6. The van der Waals surface area contributed by atoms with E-state index in [2.05, 4.69) is 0 Å². The number of nitrogens with zero attached hydrogens (tertiary/aromatic N) is 1. The summed E-state index contributed by atoms with van der Waals surface area (Å²) in [5.74, 6) is -1.87. The third-order valence-corrected chi connectivity index (χ3v) is 2.71. The highest BCUT2D eigenvalue weighted by atomic mass is 19.1. The van der Waals surface area contributed by atoms with Crippen LogP contribution in [-0.4, -0.2) is 16.0 Å². The first-order valence-electron chi connectivity index (χ1n) is 5.86. The molecule has 0 heterocycles. The van der Waals surface area contributed by atoms with E-state index in [-0.39, 0.29) is 23.6 Å². The zero-order chi connectivity index (χ0) is 15.4. The molecule has 0 spiro atoms. The van der Waals surface area contributed by atoms with Crippen LogP contribution >= 0.6 is 0 Å². The van der Waals surface area contributed by atoms with Gasteiger partial charge in [-0.1, -0.05) is 12.1 Å². The van der Waals surface area contributed by atoms with E-state index < -0.39 is 16.7 Å². The molecule has 0 aromatic heterocycles. The zero-order valence-electron chi connectivity index (χ0n) is 10.7. The van der Waals surface area contributed by atoms with Crippen LogP contribution in [0.5, 0.6) is 5.75 Å². The summed E-state index contributed by atoms with van der Waals surface area (Å²) >= 11 is 0. The van der Waals surface area contributed by atoms with E-state index >= 15 is 0 Å². The molecule has 0 bridgehead atoms. The first-order chi connectivity index (χ1) is 9.97. The number of aromatic carboxylic acids is 1. The van der Waals surface area contributed by atoms with Crippen LogP contribution in [0.25, 0.3) is 0 Å². The molecule has 2 rings (SSSR count). The third-order valence-electron chi connectivity index (χ3n) is 2.71. The maximum absolute atomic E-state index is 13.1. The van der Waals surface area contributed by atoms with Gasteiger partial charge in [0.05, 0.1) is 10.5 Å². The summed E-state index contributed by atoms with van der Waals surface area (Å²) in [6, 6.07) is 8.76. The van der Waals surface area contributed by atoms with Crippen LogP contribution in [-0.2, 0) is 6.61 Å². The van der Waals surface area contributed by atoms with Gasteiger partial charge in [-0.3, -0.25) is 10.1 Å². The molecule has 0 aliphatic heterocycles. The Morgan fingerprint density at radius 2 is 1.90 bits per heavy atom. The SMILES string of the molecule is O=C(O)c1ccc(COc2cc(F)ccc2[N+](=O)[O-])cc1. The Hall–Kier alpha value is -2.96. The molecule has 108 valence electrons. The molecule has 7 heteroatoms.